The number of carbonyl (C=O) groups excluding carboxylic acids is 2. The van der Waals surface area contributed by atoms with Crippen LogP contribution in [0.15, 0.2) is 48.8 Å². The van der Waals surface area contributed by atoms with E-state index in [1.54, 1.807) is 39.0 Å². The number of pyridine rings is 1. The number of halogens is 4. The molecule has 1 aromatic heterocycles. The van der Waals surface area contributed by atoms with Crippen LogP contribution in [0, 0.1) is 5.92 Å². The lowest BCUT2D eigenvalue weighted by Crippen LogP contribution is -2.40. The van der Waals surface area contributed by atoms with Gasteiger partial charge in [0.1, 0.15) is 28.3 Å². The van der Waals surface area contributed by atoms with Crippen molar-refractivity contribution in [2.24, 2.45) is 5.92 Å². The van der Waals surface area contributed by atoms with Gasteiger partial charge in [-0.3, -0.25) is 9.69 Å². The lowest BCUT2D eigenvalue weighted by Gasteiger charge is -2.28. The molecule has 0 aliphatic heterocycles. The number of hydrogen-bond acceptors (Lipinski definition) is 8. The van der Waals surface area contributed by atoms with Crippen LogP contribution in [0.25, 0.3) is 0 Å². The van der Waals surface area contributed by atoms with Crippen LogP contribution >= 0.6 is 23.2 Å². The highest BCUT2D eigenvalue weighted by Gasteiger charge is 2.29. The van der Waals surface area contributed by atoms with Gasteiger partial charge >= 0.3 is 18.7 Å². The number of aromatic amines is 1. The number of esters is 1. The molecule has 1 saturated carbocycles. The molecule has 14 heteroatoms. The largest absolute Gasteiger partial charge is 0.493 e. The Hall–Kier alpha value is -4.03. The van der Waals surface area contributed by atoms with Crippen molar-refractivity contribution < 1.29 is 51.8 Å². The third-order valence-corrected chi connectivity index (χ3v) is 7.85. The molecule has 0 bridgehead atoms. The predicted molar refractivity (Wildman–Crippen MR) is 173 cm³/mol. The molecule has 2 aromatic carbocycles. The van der Waals surface area contributed by atoms with Gasteiger partial charge in [-0.1, -0.05) is 35.3 Å². The Morgan fingerprint density at radius 1 is 0.958 bits per heavy atom. The molecule has 1 aliphatic carbocycles. The third-order valence-electron chi connectivity index (χ3n) is 7.18. The van der Waals surface area contributed by atoms with Crippen molar-refractivity contribution in [1.29, 1.82) is 0 Å². The fourth-order valence-electron chi connectivity index (χ4n) is 4.67. The fraction of sp³-hybridized carbons (Fsp3) is 0.441. The van der Waals surface area contributed by atoms with Crippen molar-refractivity contribution in [2.75, 3.05) is 27.4 Å². The minimum atomic E-state index is -3.07. The van der Waals surface area contributed by atoms with E-state index in [4.69, 9.17) is 46.9 Å². The quantitative estimate of drug-likeness (QED) is 0.149. The molecule has 1 unspecified atom stereocenters. The molecule has 0 radical (unpaired) electrons. The van der Waals surface area contributed by atoms with Gasteiger partial charge in [0, 0.05) is 18.5 Å². The van der Waals surface area contributed by atoms with E-state index >= 15 is 0 Å². The number of alkyl halides is 2. The SMILES string of the molecule is COc1ccc(CN(CC(=O)OC(Cc2c(Cl)c[nH+]cc2Cl)c2ccc(OC(F)F)c(OCC3CC3)c2)C(=O)OC(C)(C)C)cc1OC. The topological polar surface area (TPSA) is 107 Å². The van der Waals surface area contributed by atoms with Gasteiger partial charge in [0.25, 0.3) is 0 Å². The molecule has 1 N–H and O–H groups in total. The number of aromatic nitrogens is 1. The molecule has 260 valence electrons. The summed E-state index contributed by atoms with van der Waals surface area (Å²) in [6.07, 6.45) is 3.24. The van der Waals surface area contributed by atoms with Crippen LogP contribution in [0.5, 0.6) is 23.0 Å². The van der Waals surface area contributed by atoms with Crippen LogP contribution in [-0.2, 0) is 27.2 Å². The standard InChI is InChI=1S/C34H38Cl2F2N2O8/c1-34(2,3)48-33(42)40(17-21-8-10-26(43-4)29(12-21)44-5)18-31(41)46-28(14-23-24(35)15-39-16-25(23)36)22-9-11-27(47-32(37)38)30(13-22)45-19-20-6-7-20/h8-13,15-16,20,28,32H,6-7,14,17-19H2,1-5H3/p+1. The first-order valence-corrected chi connectivity index (χ1v) is 16.0. The van der Waals surface area contributed by atoms with E-state index in [0.29, 0.717) is 40.7 Å². The maximum atomic E-state index is 13.7. The number of amides is 1. The molecule has 0 spiro atoms. The first-order chi connectivity index (χ1) is 22.8. The number of nitrogens with one attached hydrogen (secondary N) is 1. The number of ether oxygens (including phenoxy) is 6. The second-order valence-electron chi connectivity index (χ2n) is 12.2. The average Bonchev–Trinajstić information content (AvgIpc) is 3.85. The van der Waals surface area contributed by atoms with Gasteiger partial charge in [0.2, 0.25) is 0 Å². The molecule has 4 rings (SSSR count). The Labute approximate surface area is 288 Å². The second kappa shape index (κ2) is 16.4. The number of benzene rings is 2. The Balaban J connectivity index is 1.65. The Bertz CT molecular complexity index is 1560. The minimum absolute atomic E-state index is 0.0112. The first kappa shape index (κ1) is 36.8. The molecule has 1 aliphatic rings. The van der Waals surface area contributed by atoms with Crippen molar-refractivity contribution in [3.05, 3.63) is 75.5 Å². The molecule has 3 aromatic rings. The molecule has 1 fully saturated rings. The van der Waals surface area contributed by atoms with Crippen LogP contribution in [0.1, 0.15) is 56.4 Å². The van der Waals surface area contributed by atoms with Crippen molar-refractivity contribution >= 4 is 35.3 Å². The smallest absolute Gasteiger partial charge is 0.411 e. The van der Waals surface area contributed by atoms with Gasteiger partial charge in [-0.15, -0.1) is 0 Å². The minimum Gasteiger partial charge on any atom is -0.493 e. The van der Waals surface area contributed by atoms with Crippen molar-refractivity contribution in [3.63, 3.8) is 0 Å². The van der Waals surface area contributed by atoms with Crippen molar-refractivity contribution in [2.45, 2.75) is 64.9 Å². The van der Waals surface area contributed by atoms with Crippen molar-refractivity contribution in [1.82, 2.24) is 4.90 Å². The molecule has 1 amide bonds. The van der Waals surface area contributed by atoms with Gasteiger partial charge in [0.05, 0.1) is 20.8 Å². The van der Waals surface area contributed by atoms with E-state index < -0.39 is 36.9 Å². The molecule has 0 saturated heterocycles. The molecule has 1 heterocycles. The summed E-state index contributed by atoms with van der Waals surface area (Å²) in [6, 6.07) is 9.42. The van der Waals surface area contributed by atoms with Gasteiger partial charge in [-0.25, -0.2) is 9.78 Å². The van der Waals surface area contributed by atoms with E-state index in [1.165, 1.54) is 49.7 Å². The number of hydrogen-bond donors (Lipinski definition) is 0. The fourth-order valence-corrected chi connectivity index (χ4v) is 5.20. The summed E-state index contributed by atoms with van der Waals surface area (Å²) in [4.78, 5) is 31.0. The van der Waals surface area contributed by atoms with Gasteiger partial charge in [-0.2, -0.15) is 8.78 Å². The summed E-state index contributed by atoms with van der Waals surface area (Å²) < 4.78 is 59.3. The molecule has 10 nitrogen and oxygen atoms in total. The van der Waals surface area contributed by atoms with Crippen LogP contribution in [0.2, 0.25) is 10.0 Å². The summed E-state index contributed by atoms with van der Waals surface area (Å²) in [5.41, 5.74) is 0.655. The lowest BCUT2D eigenvalue weighted by molar-refractivity contribution is -0.377. The highest BCUT2D eigenvalue weighted by Crippen LogP contribution is 2.38. The summed E-state index contributed by atoms with van der Waals surface area (Å²) in [6.45, 7) is 1.85. The number of nitrogens with zero attached hydrogens (tertiary/aromatic N) is 1. The molecular weight excluding hydrogens is 673 g/mol. The zero-order chi connectivity index (χ0) is 35.0. The molecule has 1 atom stereocenters. The third kappa shape index (κ3) is 10.7. The zero-order valence-electron chi connectivity index (χ0n) is 27.3. The average molecular weight is 713 g/mol. The summed E-state index contributed by atoms with van der Waals surface area (Å²) in [7, 11) is 3.00. The summed E-state index contributed by atoms with van der Waals surface area (Å²) in [5.74, 6) is 0.390. The van der Waals surface area contributed by atoms with E-state index in [2.05, 4.69) is 9.72 Å². The number of rotatable bonds is 15. The number of methoxy groups -OCH3 is 2. The van der Waals surface area contributed by atoms with Crippen LogP contribution in [0.3, 0.4) is 0 Å². The van der Waals surface area contributed by atoms with Crippen molar-refractivity contribution in [3.8, 4) is 23.0 Å². The van der Waals surface area contributed by atoms with E-state index in [0.717, 1.165) is 12.8 Å². The Kier molecular flexibility index (Phi) is 12.6. The highest BCUT2D eigenvalue weighted by atomic mass is 35.5. The van der Waals surface area contributed by atoms with Crippen LogP contribution in [-0.4, -0.2) is 56.5 Å². The van der Waals surface area contributed by atoms with E-state index in [9.17, 15) is 18.4 Å². The maximum Gasteiger partial charge on any atom is 0.411 e. The van der Waals surface area contributed by atoms with E-state index in [-0.39, 0.29) is 34.5 Å². The van der Waals surface area contributed by atoms with Crippen LogP contribution < -0.4 is 23.9 Å². The maximum absolute atomic E-state index is 13.7. The monoisotopic (exact) mass is 711 g/mol. The first-order valence-electron chi connectivity index (χ1n) is 15.2. The Morgan fingerprint density at radius 2 is 1.62 bits per heavy atom. The zero-order valence-corrected chi connectivity index (χ0v) is 28.8. The molecular formula is C34H39Cl2F2N2O8+. The highest BCUT2D eigenvalue weighted by molar-refractivity contribution is 6.35. The van der Waals surface area contributed by atoms with Gasteiger partial charge in [-0.05, 0) is 74.9 Å². The number of carbonyl (C=O) groups is 2. The predicted octanol–water partition coefficient (Wildman–Crippen LogP) is 7.48. The van der Waals surface area contributed by atoms with Crippen LogP contribution in [0.4, 0.5) is 13.6 Å². The van der Waals surface area contributed by atoms with E-state index in [1.807, 2.05) is 0 Å². The normalized spacial score (nSPS) is 13.5. The second-order valence-corrected chi connectivity index (χ2v) is 13.0. The number of H-pyrrole nitrogens is 1. The molecule has 48 heavy (non-hydrogen) atoms. The Morgan fingerprint density at radius 3 is 2.23 bits per heavy atom. The summed E-state index contributed by atoms with van der Waals surface area (Å²) >= 11 is 12.9. The lowest BCUT2D eigenvalue weighted by atomic mass is 10.0. The summed E-state index contributed by atoms with van der Waals surface area (Å²) in [5, 5.41) is 0.575. The van der Waals surface area contributed by atoms with Gasteiger partial charge in [0.15, 0.2) is 35.4 Å². The van der Waals surface area contributed by atoms with Gasteiger partial charge < -0.3 is 28.4 Å².